The predicted molar refractivity (Wildman–Crippen MR) is 57.9 cm³/mol. The number of ether oxygens (including phenoxy) is 3. The van der Waals surface area contributed by atoms with Crippen LogP contribution in [0.2, 0.25) is 0 Å². The summed E-state index contributed by atoms with van der Waals surface area (Å²) in [6, 6.07) is 0. The zero-order valence-electron chi connectivity index (χ0n) is 10.1. The molecule has 0 N–H and O–H groups in total. The Morgan fingerprint density at radius 2 is 1.87 bits per heavy atom. The lowest BCUT2D eigenvalue weighted by Gasteiger charge is -2.19. The topological polar surface area (TPSA) is 44.8 Å². The van der Waals surface area contributed by atoms with E-state index in [1.54, 1.807) is 6.92 Å². The zero-order valence-corrected chi connectivity index (χ0v) is 10.1. The summed E-state index contributed by atoms with van der Waals surface area (Å²) in [6.45, 7) is 8.64. The molecule has 0 aromatic rings. The van der Waals surface area contributed by atoms with E-state index in [9.17, 15) is 4.79 Å². The van der Waals surface area contributed by atoms with Gasteiger partial charge in [0.2, 0.25) is 0 Å². The average molecular weight is 218 g/mol. The highest BCUT2D eigenvalue weighted by atomic mass is 16.7. The quantitative estimate of drug-likeness (QED) is 0.487. The molecule has 0 aliphatic carbocycles. The predicted octanol–water partition coefficient (Wildman–Crippen LogP) is 2.75. The van der Waals surface area contributed by atoms with Crippen molar-refractivity contribution < 1.29 is 19.0 Å². The molecule has 0 aliphatic rings. The van der Waals surface area contributed by atoms with Gasteiger partial charge >= 0.3 is 6.16 Å². The first-order chi connectivity index (χ1) is 7.11. The van der Waals surface area contributed by atoms with Crippen LogP contribution >= 0.6 is 0 Å². The fourth-order valence-electron chi connectivity index (χ4n) is 0.980. The smallest absolute Gasteiger partial charge is 0.434 e. The molecular formula is C11H22O4. The molecule has 0 fully saturated rings. The molecule has 0 aromatic carbocycles. The van der Waals surface area contributed by atoms with Crippen molar-refractivity contribution in [2.75, 3.05) is 13.2 Å². The Morgan fingerprint density at radius 3 is 2.40 bits per heavy atom. The highest BCUT2D eigenvalue weighted by molar-refractivity contribution is 5.60. The molecule has 90 valence electrons. The average Bonchev–Trinajstić information content (AvgIpc) is 2.18. The number of hydrogen-bond acceptors (Lipinski definition) is 4. The molecular weight excluding hydrogens is 196 g/mol. The summed E-state index contributed by atoms with van der Waals surface area (Å²) >= 11 is 0. The van der Waals surface area contributed by atoms with Gasteiger partial charge in [-0.2, -0.15) is 0 Å². The molecule has 4 nitrogen and oxygen atoms in total. The van der Waals surface area contributed by atoms with E-state index in [4.69, 9.17) is 14.2 Å². The lowest BCUT2D eigenvalue weighted by atomic mass is 10.2. The largest absolute Gasteiger partial charge is 0.508 e. The van der Waals surface area contributed by atoms with Gasteiger partial charge in [-0.1, -0.05) is 13.3 Å². The van der Waals surface area contributed by atoms with Crippen LogP contribution in [0.5, 0.6) is 0 Å². The molecule has 0 spiro atoms. The number of carbonyl (C=O) groups excluding carboxylic acids is 1. The second kappa shape index (κ2) is 8.53. The first kappa shape index (κ1) is 14.2. The van der Waals surface area contributed by atoms with Gasteiger partial charge in [0.05, 0.1) is 12.7 Å². The van der Waals surface area contributed by atoms with Crippen LogP contribution in [-0.2, 0) is 14.2 Å². The number of unbranched alkanes of at least 4 members (excludes halogenated alkanes) is 1. The molecule has 4 heteroatoms. The minimum atomic E-state index is -0.609. The Bertz CT molecular complexity index is 170. The monoisotopic (exact) mass is 218 g/mol. The maximum absolute atomic E-state index is 11.1. The number of hydrogen-bond donors (Lipinski definition) is 0. The lowest BCUT2D eigenvalue weighted by molar-refractivity contribution is -0.0455. The molecule has 2 atom stereocenters. The molecule has 0 saturated carbocycles. The third-order valence-electron chi connectivity index (χ3n) is 2.09. The zero-order chi connectivity index (χ0) is 11.7. The van der Waals surface area contributed by atoms with Crippen LogP contribution in [0.4, 0.5) is 4.79 Å². The van der Waals surface area contributed by atoms with E-state index in [0.717, 1.165) is 12.8 Å². The van der Waals surface area contributed by atoms with Crippen molar-refractivity contribution in [2.45, 2.75) is 52.7 Å². The Kier molecular flexibility index (Phi) is 8.09. The molecule has 0 rings (SSSR count). The SMILES string of the molecule is CCCCOC(=O)OC(C)C(C)OCC. The summed E-state index contributed by atoms with van der Waals surface area (Å²) in [5.74, 6) is 0. The molecule has 0 bridgehead atoms. The third-order valence-corrected chi connectivity index (χ3v) is 2.09. The molecule has 0 radical (unpaired) electrons. The van der Waals surface area contributed by atoms with E-state index in [1.165, 1.54) is 0 Å². The van der Waals surface area contributed by atoms with E-state index < -0.39 is 6.16 Å². The fourth-order valence-corrected chi connectivity index (χ4v) is 0.980. The maximum atomic E-state index is 11.1. The van der Waals surface area contributed by atoms with Gasteiger partial charge in [0.15, 0.2) is 0 Å². The van der Waals surface area contributed by atoms with Gasteiger partial charge in [0.25, 0.3) is 0 Å². The molecule has 0 saturated heterocycles. The Morgan fingerprint density at radius 1 is 1.20 bits per heavy atom. The Hall–Kier alpha value is -0.770. The standard InChI is InChI=1S/C11H22O4/c1-5-7-8-14-11(12)15-10(4)9(3)13-6-2/h9-10H,5-8H2,1-4H3. The van der Waals surface area contributed by atoms with Gasteiger partial charge < -0.3 is 14.2 Å². The third kappa shape index (κ3) is 7.19. The first-order valence-electron chi connectivity index (χ1n) is 5.56. The summed E-state index contributed by atoms with van der Waals surface area (Å²) in [4.78, 5) is 11.1. The van der Waals surface area contributed by atoms with Gasteiger partial charge in [0, 0.05) is 6.61 Å². The van der Waals surface area contributed by atoms with E-state index in [0.29, 0.717) is 13.2 Å². The van der Waals surface area contributed by atoms with Gasteiger partial charge in [0.1, 0.15) is 6.10 Å². The highest BCUT2D eigenvalue weighted by Crippen LogP contribution is 2.04. The Labute approximate surface area is 91.9 Å². The molecule has 0 aliphatic heterocycles. The summed E-state index contributed by atoms with van der Waals surface area (Å²) in [7, 11) is 0. The van der Waals surface area contributed by atoms with Crippen LogP contribution in [0, 0.1) is 0 Å². The van der Waals surface area contributed by atoms with Crippen LogP contribution in [0.25, 0.3) is 0 Å². The summed E-state index contributed by atoms with van der Waals surface area (Å²) < 4.78 is 15.2. The molecule has 15 heavy (non-hydrogen) atoms. The van der Waals surface area contributed by atoms with Gasteiger partial charge in [-0.3, -0.25) is 0 Å². The van der Waals surface area contributed by atoms with E-state index in [1.807, 2.05) is 20.8 Å². The summed E-state index contributed by atoms with van der Waals surface area (Å²) in [6.07, 6.45) is 0.873. The summed E-state index contributed by atoms with van der Waals surface area (Å²) in [5.41, 5.74) is 0. The number of carbonyl (C=O) groups is 1. The van der Waals surface area contributed by atoms with Gasteiger partial charge in [-0.25, -0.2) is 4.79 Å². The molecule has 0 heterocycles. The van der Waals surface area contributed by atoms with Crippen LogP contribution in [0.1, 0.15) is 40.5 Å². The van der Waals surface area contributed by atoms with Crippen LogP contribution in [0.3, 0.4) is 0 Å². The van der Waals surface area contributed by atoms with Crippen molar-refractivity contribution in [2.24, 2.45) is 0 Å². The second-order valence-corrected chi connectivity index (χ2v) is 3.44. The highest BCUT2D eigenvalue weighted by Gasteiger charge is 2.17. The molecule has 0 aromatic heterocycles. The van der Waals surface area contributed by atoms with Crippen LogP contribution in [0.15, 0.2) is 0 Å². The van der Waals surface area contributed by atoms with Crippen molar-refractivity contribution in [3.05, 3.63) is 0 Å². The fraction of sp³-hybridized carbons (Fsp3) is 0.909. The molecule has 2 unspecified atom stereocenters. The first-order valence-corrected chi connectivity index (χ1v) is 5.56. The van der Waals surface area contributed by atoms with Crippen LogP contribution in [-0.4, -0.2) is 31.6 Å². The van der Waals surface area contributed by atoms with Crippen molar-refractivity contribution >= 4 is 6.16 Å². The van der Waals surface area contributed by atoms with E-state index >= 15 is 0 Å². The minimum absolute atomic E-state index is 0.103. The normalized spacial score (nSPS) is 14.4. The number of rotatable bonds is 7. The van der Waals surface area contributed by atoms with E-state index in [2.05, 4.69) is 0 Å². The van der Waals surface area contributed by atoms with Gasteiger partial charge in [-0.15, -0.1) is 0 Å². The lowest BCUT2D eigenvalue weighted by Crippen LogP contribution is -2.29. The van der Waals surface area contributed by atoms with E-state index in [-0.39, 0.29) is 12.2 Å². The van der Waals surface area contributed by atoms with Crippen molar-refractivity contribution in [3.8, 4) is 0 Å². The second-order valence-electron chi connectivity index (χ2n) is 3.44. The Balaban J connectivity index is 3.65. The molecule has 0 amide bonds. The minimum Gasteiger partial charge on any atom is -0.434 e. The van der Waals surface area contributed by atoms with Crippen molar-refractivity contribution in [3.63, 3.8) is 0 Å². The maximum Gasteiger partial charge on any atom is 0.508 e. The van der Waals surface area contributed by atoms with Crippen molar-refractivity contribution in [1.29, 1.82) is 0 Å². The summed E-state index contributed by atoms with van der Waals surface area (Å²) in [5, 5.41) is 0. The van der Waals surface area contributed by atoms with Gasteiger partial charge in [-0.05, 0) is 27.2 Å². The van der Waals surface area contributed by atoms with Crippen LogP contribution < -0.4 is 0 Å². The van der Waals surface area contributed by atoms with Crippen molar-refractivity contribution in [1.82, 2.24) is 0 Å².